The molecule has 0 aliphatic rings. The average Bonchev–Trinajstić information content (AvgIpc) is 3.26. The van der Waals surface area contributed by atoms with Crippen molar-refractivity contribution < 1.29 is 63.6 Å². The molecule has 0 fully saturated rings. The monoisotopic (exact) mass is 877 g/mol. The number of aromatic hydroxyl groups is 1. The number of rotatable bonds is 16. The molecule has 0 spiro atoms. The third kappa shape index (κ3) is 9.82. The lowest BCUT2D eigenvalue weighted by Gasteiger charge is -2.16. The van der Waals surface area contributed by atoms with E-state index in [9.17, 15) is 36.3 Å². The number of esters is 2. The zero-order chi connectivity index (χ0) is 44.6. The molecule has 318 valence electrons. The number of phenols is 1. The highest BCUT2D eigenvalue weighted by Gasteiger charge is 2.30. The first-order chi connectivity index (χ1) is 29.0. The fourth-order valence-electron chi connectivity index (χ4n) is 5.53. The third-order valence-electron chi connectivity index (χ3n) is 8.61. The first-order valence-corrected chi connectivity index (χ1v) is 20.0. The number of nitrogen functional groups attached to an aromatic ring is 1. The molecule has 0 aliphatic carbocycles. The van der Waals surface area contributed by atoms with Crippen LogP contribution in [0.3, 0.4) is 0 Å². The molecule has 0 unspecified atom stereocenters. The number of hydrogen-bond donors (Lipinski definition) is 2. The highest BCUT2D eigenvalue weighted by molar-refractivity contribution is 7.87. The van der Waals surface area contributed by atoms with E-state index >= 15 is 0 Å². The first-order valence-electron chi connectivity index (χ1n) is 17.2. The van der Waals surface area contributed by atoms with Crippen molar-refractivity contribution in [1.29, 1.82) is 0 Å². The smallest absolute Gasteiger partial charge is 0.337 e. The van der Waals surface area contributed by atoms with E-state index in [-0.39, 0.29) is 40.5 Å². The molecule has 0 aromatic heterocycles. The highest BCUT2D eigenvalue weighted by Crippen LogP contribution is 2.49. The van der Waals surface area contributed by atoms with Gasteiger partial charge in [-0.15, -0.1) is 15.3 Å². The Morgan fingerprint density at radius 3 is 1.84 bits per heavy atom. The summed E-state index contributed by atoms with van der Waals surface area (Å²) in [6, 6.07) is 15.1. The predicted molar refractivity (Wildman–Crippen MR) is 215 cm³/mol. The molecule has 0 saturated heterocycles. The van der Waals surface area contributed by atoms with Crippen molar-refractivity contribution in [3.63, 3.8) is 0 Å². The van der Waals surface area contributed by atoms with Crippen molar-refractivity contribution >= 4 is 89.2 Å². The lowest BCUT2D eigenvalue weighted by molar-refractivity contribution is -0.129. The quantitative estimate of drug-likeness (QED) is 0.0241. The molecular formula is C38H35N7O14S2. The van der Waals surface area contributed by atoms with Crippen molar-refractivity contribution in [2.75, 3.05) is 41.3 Å². The minimum absolute atomic E-state index is 0.104. The van der Waals surface area contributed by atoms with E-state index in [1.165, 1.54) is 13.2 Å². The van der Waals surface area contributed by atoms with Gasteiger partial charge >= 0.3 is 11.9 Å². The maximum absolute atomic E-state index is 13.3. The molecule has 0 radical (unpaired) electrons. The number of methoxy groups -OCH3 is 3. The van der Waals surface area contributed by atoms with Crippen LogP contribution in [0.1, 0.15) is 31.8 Å². The summed E-state index contributed by atoms with van der Waals surface area (Å²) < 4.78 is 82.4. The summed E-state index contributed by atoms with van der Waals surface area (Å²) in [5.74, 6) is -2.56. The molecule has 23 heteroatoms. The van der Waals surface area contributed by atoms with Gasteiger partial charge in [-0.3, -0.25) is 13.2 Å². The Morgan fingerprint density at radius 2 is 1.26 bits per heavy atom. The van der Waals surface area contributed by atoms with E-state index in [0.29, 0.717) is 23.4 Å². The fourth-order valence-corrected chi connectivity index (χ4v) is 7.22. The molecule has 61 heavy (non-hydrogen) atoms. The largest absolute Gasteiger partial charge is 0.505 e. The summed E-state index contributed by atoms with van der Waals surface area (Å²) in [5.41, 5.74) is 6.84. The van der Waals surface area contributed by atoms with Gasteiger partial charge in [0.2, 0.25) is 0 Å². The van der Waals surface area contributed by atoms with Crippen LogP contribution in [0.4, 0.5) is 39.8 Å². The number of fused-ring (bicyclic) bond motifs is 1. The number of azo groups is 3. The average molecular weight is 878 g/mol. The third-order valence-corrected chi connectivity index (χ3v) is 11.2. The molecule has 5 rings (SSSR count). The summed E-state index contributed by atoms with van der Waals surface area (Å²) in [4.78, 5) is 33.6. The molecule has 5 aromatic rings. The Kier molecular flexibility index (Phi) is 13.8. The van der Waals surface area contributed by atoms with Gasteiger partial charge < -0.3 is 29.8 Å². The Balaban J connectivity index is 1.67. The van der Waals surface area contributed by atoms with E-state index in [1.807, 2.05) is 0 Å². The summed E-state index contributed by atoms with van der Waals surface area (Å²) in [6.45, 7) is 2.16. The molecule has 0 amide bonds. The van der Waals surface area contributed by atoms with Crippen molar-refractivity contribution in [3.05, 3.63) is 89.0 Å². The van der Waals surface area contributed by atoms with Crippen LogP contribution in [0.15, 0.2) is 107 Å². The minimum atomic E-state index is -4.80. The normalized spacial score (nSPS) is 12.0. The lowest BCUT2D eigenvalue weighted by atomic mass is 10.0. The Morgan fingerprint density at radius 1 is 0.689 bits per heavy atom. The molecule has 0 aliphatic heterocycles. The zero-order valence-electron chi connectivity index (χ0n) is 33.0. The number of benzene rings is 5. The van der Waals surface area contributed by atoms with E-state index in [2.05, 4.69) is 30.7 Å². The van der Waals surface area contributed by atoms with Gasteiger partial charge in [0.1, 0.15) is 39.2 Å². The van der Waals surface area contributed by atoms with E-state index in [4.69, 9.17) is 33.0 Å². The summed E-state index contributed by atoms with van der Waals surface area (Å²) >= 11 is 0. The predicted octanol–water partition coefficient (Wildman–Crippen LogP) is 7.61. The minimum Gasteiger partial charge on any atom is -0.505 e. The van der Waals surface area contributed by atoms with Gasteiger partial charge in [-0.05, 0) is 66.6 Å². The molecule has 0 saturated carbocycles. The maximum Gasteiger partial charge on any atom is 0.337 e. The van der Waals surface area contributed by atoms with Gasteiger partial charge in [0.25, 0.3) is 26.7 Å². The van der Waals surface area contributed by atoms with Crippen LogP contribution in [0.5, 0.6) is 11.5 Å². The second-order valence-corrected chi connectivity index (χ2v) is 15.6. The molecule has 0 atom stereocenters. The van der Waals surface area contributed by atoms with Gasteiger partial charge in [0.05, 0.1) is 74.8 Å². The molecule has 3 N–H and O–H groups in total. The number of phenolic OH excluding ortho intramolecular Hbond substituents is 1. The molecule has 0 bridgehead atoms. The van der Waals surface area contributed by atoms with Crippen molar-refractivity contribution in [2.45, 2.75) is 23.3 Å². The van der Waals surface area contributed by atoms with Gasteiger partial charge in [0, 0.05) is 11.5 Å². The number of aryl methyl sites for hydroxylation is 1. The standard InChI is InChI=1S/C38H35N7O14S2/c1-20-11-28(30(54-2)16-27(20)42-40-24-9-7-21(8-10-24)18-59-19-46)43-44-29-17-31(60(50,51)57-5)26-15-32(61(52,53)58-6)35(36(47)33(26)34(29)39)45-41-25-13-22(37(48)55-3)12-23(14-25)38(49)56-4/h7-17,19,47H,18,39H2,1-6H3. The summed E-state index contributed by atoms with van der Waals surface area (Å²) in [6.07, 6.45) is 0. The number of ether oxygens (including phenoxy) is 4. The van der Waals surface area contributed by atoms with Gasteiger partial charge in [-0.1, -0.05) is 12.1 Å². The van der Waals surface area contributed by atoms with Gasteiger partial charge in [0.15, 0.2) is 5.75 Å². The van der Waals surface area contributed by atoms with Crippen molar-refractivity contribution in [1.82, 2.24) is 0 Å². The number of carbonyl (C=O) groups excluding carboxylic acids is 3. The van der Waals surface area contributed by atoms with Crippen LogP contribution in [-0.2, 0) is 54.2 Å². The molecule has 0 heterocycles. The Hall–Kier alpha value is -7.21. The van der Waals surface area contributed by atoms with E-state index < -0.39 is 69.9 Å². The van der Waals surface area contributed by atoms with Crippen LogP contribution in [0, 0.1) is 6.92 Å². The van der Waals surface area contributed by atoms with Crippen molar-refractivity contribution in [2.24, 2.45) is 30.7 Å². The zero-order valence-corrected chi connectivity index (χ0v) is 34.6. The summed E-state index contributed by atoms with van der Waals surface area (Å²) in [5, 5.41) is 35.7. The van der Waals surface area contributed by atoms with Crippen LogP contribution in [-0.4, -0.2) is 75.9 Å². The topological polar surface area (TPSA) is 295 Å². The fraction of sp³-hybridized carbons (Fsp3) is 0.184. The van der Waals surface area contributed by atoms with Gasteiger partial charge in [-0.2, -0.15) is 32.2 Å². The number of nitrogens with zero attached hydrogens (tertiary/aromatic N) is 6. The van der Waals surface area contributed by atoms with E-state index in [0.717, 1.165) is 64.3 Å². The van der Waals surface area contributed by atoms with Crippen LogP contribution in [0.2, 0.25) is 0 Å². The number of hydrogen-bond acceptors (Lipinski definition) is 21. The second kappa shape index (κ2) is 18.8. The molecule has 5 aromatic carbocycles. The highest BCUT2D eigenvalue weighted by atomic mass is 32.2. The maximum atomic E-state index is 13.3. The van der Waals surface area contributed by atoms with Crippen molar-refractivity contribution in [3.8, 4) is 11.5 Å². The second-order valence-electron chi connectivity index (χ2n) is 12.3. The Labute approximate surface area is 347 Å². The molecular weight excluding hydrogens is 843 g/mol. The van der Waals surface area contributed by atoms with Crippen LogP contribution < -0.4 is 10.5 Å². The number of nitrogens with two attached hydrogens (primary N) is 1. The van der Waals surface area contributed by atoms with E-state index in [1.54, 1.807) is 37.3 Å². The van der Waals surface area contributed by atoms with Crippen LogP contribution >= 0.6 is 0 Å². The lowest BCUT2D eigenvalue weighted by Crippen LogP contribution is -2.07. The number of anilines is 1. The SMILES string of the molecule is COC(=O)c1cc(N=Nc2c(S(=O)(=O)OC)cc3c(S(=O)(=O)OC)cc(N=Nc4cc(C)c(N=Nc5ccc(COC=O)cc5)cc4OC)c(N)c3c2O)cc(C(=O)OC)c1. The summed E-state index contributed by atoms with van der Waals surface area (Å²) in [7, 11) is -4.29. The number of carbonyl (C=O) groups is 3. The molecule has 21 nitrogen and oxygen atoms in total. The Bertz CT molecular complexity index is 2830. The first kappa shape index (κ1) is 44.9. The van der Waals surface area contributed by atoms with Crippen LogP contribution in [0.25, 0.3) is 10.8 Å². The van der Waals surface area contributed by atoms with Gasteiger partial charge in [-0.25, -0.2) is 9.59 Å².